The molecule has 0 heterocycles. The number of hydrogen-bond donors (Lipinski definition) is 1. The van der Waals surface area contributed by atoms with Crippen LogP contribution in [-0.4, -0.2) is 12.6 Å². The fourth-order valence-electron chi connectivity index (χ4n) is 1.21. The van der Waals surface area contributed by atoms with Gasteiger partial charge in [0, 0.05) is 6.04 Å². The molecule has 0 fully saturated rings. The van der Waals surface area contributed by atoms with Crippen molar-refractivity contribution in [1.29, 1.82) is 0 Å². The third-order valence-electron chi connectivity index (χ3n) is 2.08. The molecule has 16 heavy (non-hydrogen) atoms. The summed E-state index contributed by atoms with van der Waals surface area (Å²) in [7, 11) is 0. The van der Waals surface area contributed by atoms with Crippen LogP contribution in [-0.2, 0) is 5.92 Å². The molecule has 0 unspecified atom stereocenters. The highest BCUT2D eigenvalue weighted by Crippen LogP contribution is 2.32. The van der Waals surface area contributed by atoms with Crippen LogP contribution in [0.5, 0.6) is 0 Å². The van der Waals surface area contributed by atoms with Crippen LogP contribution in [0.25, 0.3) is 0 Å². The van der Waals surface area contributed by atoms with Crippen LogP contribution >= 0.6 is 11.6 Å². The summed E-state index contributed by atoms with van der Waals surface area (Å²) in [6, 6.07) is 3.51. The molecule has 0 atom stereocenters. The van der Waals surface area contributed by atoms with Crippen molar-refractivity contribution in [3.8, 4) is 0 Å². The molecule has 1 rings (SSSR count). The van der Waals surface area contributed by atoms with E-state index in [1.165, 1.54) is 12.1 Å². The molecule has 1 aromatic carbocycles. The van der Waals surface area contributed by atoms with E-state index in [0.717, 1.165) is 6.07 Å². The zero-order valence-electron chi connectivity index (χ0n) is 9.03. The second kappa shape index (κ2) is 5.06. The lowest BCUT2D eigenvalue weighted by atomic mass is 10.1. The summed E-state index contributed by atoms with van der Waals surface area (Å²) in [6.45, 7) is 2.87. The van der Waals surface area contributed by atoms with Gasteiger partial charge in [-0.05, 0) is 12.1 Å². The number of benzene rings is 1. The van der Waals surface area contributed by atoms with Crippen molar-refractivity contribution >= 4 is 11.6 Å². The lowest BCUT2D eigenvalue weighted by Crippen LogP contribution is -2.35. The topological polar surface area (TPSA) is 12.0 Å². The second-order valence-corrected chi connectivity index (χ2v) is 4.25. The van der Waals surface area contributed by atoms with Gasteiger partial charge in [0.05, 0.1) is 17.1 Å². The van der Waals surface area contributed by atoms with Crippen LogP contribution in [0.1, 0.15) is 19.4 Å². The number of alkyl halides is 2. The first-order valence-electron chi connectivity index (χ1n) is 4.90. The van der Waals surface area contributed by atoms with Gasteiger partial charge in [-0.3, -0.25) is 0 Å². The third kappa shape index (κ3) is 3.12. The predicted octanol–water partition coefficient (Wildman–Crippen LogP) is 3.57. The summed E-state index contributed by atoms with van der Waals surface area (Å²) in [5, 5.41) is 2.28. The summed E-state index contributed by atoms with van der Waals surface area (Å²) < 4.78 is 40.6. The molecule has 1 N–H and O–H groups in total. The van der Waals surface area contributed by atoms with E-state index >= 15 is 0 Å². The van der Waals surface area contributed by atoms with Crippen molar-refractivity contribution < 1.29 is 13.2 Å². The molecule has 0 spiro atoms. The first-order valence-corrected chi connectivity index (χ1v) is 5.28. The zero-order chi connectivity index (χ0) is 12.3. The highest BCUT2D eigenvalue weighted by Gasteiger charge is 2.34. The van der Waals surface area contributed by atoms with Gasteiger partial charge < -0.3 is 5.32 Å². The van der Waals surface area contributed by atoms with Gasteiger partial charge in [-0.15, -0.1) is 0 Å². The minimum absolute atomic E-state index is 0.0897. The van der Waals surface area contributed by atoms with Gasteiger partial charge in [0.1, 0.15) is 0 Å². The van der Waals surface area contributed by atoms with Crippen molar-refractivity contribution in [2.24, 2.45) is 0 Å². The molecule has 90 valence electrons. The minimum atomic E-state index is -3.26. The van der Waals surface area contributed by atoms with Crippen molar-refractivity contribution in [1.82, 2.24) is 5.32 Å². The smallest absolute Gasteiger partial charge is 0.288 e. The standard InChI is InChI=1S/C11H13ClF3N/c1-7(2)16-6-11(14,15)8-4-3-5-9(12)10(8)13/h3-5,7,16H,6H2,1-2H3. The van der Waals surface area contributed by atoms with Gasteiger partial charge in [0.25, 0.3) is 5.92 Å². The minimum Gasteiger partial charge on any atom is -0.309 e. The van der Waals surface area contributed by atoms with Crippen LogP contribution in [0.2, 0.25) is 5.02 Å². The molecular formula is C11H13ClF3N. The summed E-state index contributed by atoms with van der Waals surface area (Å²) in [5.74, 6) is -4.32. The predicted molar refractivity (Wildman–Crippen MR) is 58.4 cm³/mol. The average molecular weight is 252 g/mol. The zero-order valence-corrected chi connectivity index (χ0v) is 9.78. The summed E-state index contributed by atoms with van der Waals surface area (Å²) in [6.07, 6.45) is 0. The van der Waals surface area contributed by atoms with Crippen LogP contribution in [0.4, 0.5) is 13.2 Å². The molecule has 0 aliphatic rings. The maximum absolute atomic E-state index is 13.6. The largest absolute Gasteiger partial charge is 0.309 e. The molecule has 1 aromatic rings. The van der Waals surface area contributed by atoms with Gasteiger partial charge >= 0.3 is 0 Å². The Morgan fingerprint density at radius 3 is 2.56 bits per heavy atom. The van der Waals surface area contributed by atoms with Crippen molar-refractivity contribution in [3.63, 3.8) is 0 Å². The molecule has 0 amide bonds. The molecule has 0 radical (unpaired) electrons. The fourth-order valence-corrected chi connectivity index (χ4v) is 1.39. The van der Waals surface area contributed by atoms with Gasteiger partial charge in [0.15, 0.2) is 5.82 Å². The van der Waals surface area contributed by atoms with E-state index in [-0.39, 0.29) is 11.1 Å². The van der Waals surface area contributed by atoms with Crippen molar-refractivity contribution in [3.05, 3.63) is 34.6 Å². The van der Waals surface area contributed by atoms with E-state index < -0.39 is 23.8 Å². The van der Waals surface area contributed by atoms with E-state index in [2.05, 4.69) is 5.32 Å². The van der Waals surface area contributed by atoms with Gasteiger partial charge in [-0.2, -0.15) is 8.78 Å². The van der Waals surface area contributed by atoms with Crippen molar-refractivity contribution in [2.45, 2.75) is 25.8 Å². The molecule has 0 bridgehead atoms. The summed E-state index contributed by atoms with van der Waals surface area (Å²) in [4.78, 5) is 0. The molecule has 0 saturated carbocycles. The Hall–Kier alpha value is -0.740. The normalized spacial score (nSPS) is 12.2. The molecule has 5 heteroatoms. The second-order valence-electron chi connectivity index (χ2n) is 3.84. The highest BCUT2D eigenvalue weighted by molar-refractivity contribution is 6.30. The molecule has 0 aliphatic heterocycles. The lowest BCUT2D eigenvalue weighted by Gasteiger charge is -2.19. The lowest BCUT2D eigenvalue weighted by molar-refractivity contribution is -0.00821. The molecule has 0 aromatic heterocycles. The van der Waals surface area contributed by atoms with Crippen LogP contribution in [0.15, 0.2) is 18.2 Å². The SMILES string of the molecule is CC(C)NCC(F)(F)c1cccc(Cl)c1F. The van der Waals surface area contributed by atoms with Gasteiger partial charge in [-0.25, -0.2) is 4.39 Å². The number of halogens is 4. The number of hydrogen-bond acceptors (Lipinski definition) is 1. The monoisotopic (exact) mass is 251 g/mol. The Morgan fingerprint density at radius 2 is 2.00 bits per heavy atom. The van der Waals surface area contributed by atoms with E-state index in [0.29, 0.717) is 0 Å². The van der Waals surface area contributed by atoms with Gasteiger partial charge in [-0.1, -0.05) is 31.5 Å². The number of nitrogens with one attached hydrogen (secondary N) is 1. The molecular weight excluding hydrogens is 239 g/mol. The van der Waals surface area contributed by atoms with Crippen LogP contribution in [0.3, 0.4) is 0 Å². The quantitative estimate of drug-likeness (QED) is 0.863. The van der Waals surface area contributed by atoms with Gasteiger partial charge in [0.2, 0.25) is 0 Å². The average Bonchev–Trinajstić information content (AvgIpc) is 2.19. The van der Waals surface area contributed by atoms with Crippen LogP contribution in [0, 0.1) is 5.82 Å². The van der Waals surface area contributed by atoms with E-state index in [1.54, 1.807) is 13.8 Å². The number of rotatable bonds is 4. The summed E-state index contributed by atoms with van der Waals surface area (Å²) >= 11 is 5.45. The molecule has 0 aliphatic carbocycles. The highest BCUT2D eigenvalue weighted by atomic mass is 35.5. The van der Waals surface area contributed by atoms with Crippen LogP contribution < -0.4 is 5.32 Å². The Balaban J connectivity index is 2.93. The molecule has 0 saturated heterocycles. The van der Waals surface area contributed by atoms with E-state index in [1.807, 2.05) is 0 Å². The Kier molecular flexibility index (Phi) is 4.21. The maximum Gasteiger partial charge on any atom is 0.288 e. The summed E-state index contributed by atoms with van der Waals surface area (Å²) in [5.41, 5.74) is -0.673. The van der Waals surface area contributed by atoms with E-state index in [9.17, 15) is 13.2 Å². The first-order chi connectivity index (χ1) is 7.34. The Labute approximate surface area is 97.6 Å². The maximum atomic E-state index is 13.6. The first kappa shape index (κ1) is 13.3. The Bertz CT molecular complexity index is 366. The fraction of sp³-hybridized carbons (Fsp3) is 0.455. The Morgan fingerprint density at radius 1 is 1.38 bits per heavy atom. The van der Waals surface area contributed by atoms with Crippen molar-refractivity contribution in [2.75, 3.05) is 6.54 Å². The van der Waals surface area contributed by atoms with E-state index in [4.69, 9.17) is 11.6 Å². The molecule has 1 nitrogen and oxygen atoms in total. The third-order valence-corrected chi connectivity index (χ3v) is 2.37.